The van der Waals surface area contributed by atoms with Crippen molar-refractivity contribution in [1.82, 2.24) is 10.2 Å². The SMILES string of the molecule is CCCSCC(=O)N1CCNCC1c1ccccc1OC.Cl. The molecule has 1 N–H and O–H groups in total. The predicted molar refractivity (Wildman–Crippen MR) is 95.2 cm³/mol. The quantitative estimate of drug-likeness (QED) is 0.806. The van der Waals surface area contributed by atoms with Gasteiger partial charge in [-0.15, -0.1) is 12.4 Å². The van der Waals surface area contributed by atoms with E-state index in [1.807, 2.05) is 23.1 Å². The molecule has 124 valence electrons. The number of amides is 1. The minimum absolute atomic E-state index is 0. The van der Waals surface area contributed by atoms with Crippen molar-refractivity contribution in [2.45, 2.75) is 19.4 Å². The molecule has 1 aliphatic rings. The van der Waals surface area contributed by atoms with E-state index in [1.54, 1.807) is 18.9 Å². The molecule has 2 rings (SSSR count). The third kappa shape index (κ3) is 4.80. The molecular formula is C16H25ClN2O2S. The van der Waals surface area contributed by atoms with Crippen molar-refractivity contribution in [1.29, 1.82) is 0 Å². The van der Waals surface area contributed by atoms with Gasteiger partial charge in [0.2, 0.25) is 5.91 Å². The van der Waals surface area contributed by atoms with Gasteiger partial charge in [0.25, 0.3) is 0 Å². The van der Waals surface area contributed by atoms with Crippen LogP contribution < -0.4 is 10.1 Å². The van der Waals surface area contributed by atoms with Crippen LogP contribution >= 0.6 is 24.2 Å². The average Bonchev–Trinajstić information content (AvgIpc) is 2.55. The number of nitrogens with one attached hydrogen (secondary N) is 1. The first-order valence-electron chi connectivity index (χ1n) is 7.48. The Morgan fingerprint density at radius 1 is 1.45 bits per heavy atom. The number of hydrogen-bond donors (Lipinski definition) is 1. The van der Waals surface area contributed by atoms with Gasteiger partial charge >= 0.3 is 0 Å². The Kier molecular flexibility index (Phi) is 8.68. The lowest BCUT2D eigenvalue weighted by molar-refractivity contribution is -0.131. The zero-order valence-corrected chi connectivity index (χ0v) is 14.8. The van der Waals surface area contributed by atoms with Crippen molar-refractivity contribution in [3.05, 3.63) is 29.8 Å². The second-order valence-corrected chi connectivity index (χ2v) is 6.21. The van der Waals surface area contributed by atoms with Gasteiger partial charge in [-0.25, -0.2) is 0 Å². The van der Waals surface area contributed by atoms with Gasteiger partial charge in [-0.2, -0.15) is 11.8 Å². The minimum atomic E-state index is 0. The van der Waals surface area contributed by atoms with Crippen molar-refractivity contribution in [3.63, 3.8) is 0 Å². The number of methoxy groups -OCH3 is 1. The maximum Gasteiger partial charge on any atom is 0.233 e. The first kappa shape index (κ1) is 19.1. The molecule has 1 saturated heterocycles. The summed E-state index contributed by atoms with van der Waals surface area (Å²) < 4.78 is 5.45. The number of benzene rings is 1. The van der Waals surface area contributed by atoms with E-state index in [9.17, 15) is 4.79 Å². The number of piperazine rings is 1. The van der Waals surface area contributed by atoms with Crippen LogP contribution in [0.3, 0.4) is 0 Å². The summed E-state index contributed by atoms with van der Waals surface area (Å²) in [6.45, 7) is 4.54. The molecule has 1 unspecified atom stereocenters. The van der Waals surface area contributed by atoms with Crippen LogP contribution in [0.4, 0.5) is 0 Å². The monoisotopic (exact) mass is 344 g/mol. The molecule has 0 bridgehead atoms. The summed E-state index contributed by atoms with van der Waals surface area (Å²) in [5, 5.41) is 3.38. The second kappa shape index (κ2) is 9.98. The highest BCUT2D eigenvalue weighted by molar-refractivity contribution is 7.99. The fourth-order valence-corrected chi connectivity index (χ4v) is 3.38. The van der Waals surface area contributed by atoms with E-state index < -0.39 is 0 Å². The van der Waals surface area contributed by atoms with Crippen molar-refractivity contribution >= 4 is 30.1 Å². The van der Waals surface area contributed by atoms with Crippen LogP contribution in [-0.4, -0.2) is 49.1 Å². The minimum Gasteiger partial charge on any atom is -0.496 e. The number of hydrogen-bond acceptors (Lipinski definition) is 4. The summed E-state index contributed by atoms with van der Waals surface area (Å²) in [6.07, 6.45) is 1.11. The maximum absolute atomic E-state index is 12.5. The van der Waals surface area contributed by atoms with E-state index >= 15 is 0 Å². The third-order valence-electron chi connectivity index (χ3n) is 3.64. The van der Waals surface area contributed by atoms with Gasteiger partial charge in [-0.3, -0.25) is 4.79 Å². The van der Waals surface area contributed by atoms with E-state index in [2.05, 4.69) is 18.3 Å². The zero-order chi connectivity index (χ0) is 15.1. The molecule has 0 saturated carbocycles. The highest BCUT2D eigenvalue weighted by atomic mass is 35.5. The lowest BCUT2D eigenvalue weighted by Gasteiger charge is -2.37. The molecule has 6 heteroatoms. The van der Waals surface area contributed by atoms with Gasteiger partial charge in [-0.1, -0.05) is 25.1 Å². The number of rotatable bonds is 6. The number of halogens is 1. The summed E-state index contributed by atoms with van der Waals surface area (Å²) >= 11 is 1.72. The molecule has 1 aromatic carbocycles. The first-order valence-corrected chi connectivity index (χ1v) is 8.64. The normalized spacial score (nSPS) is 17.7. The van der Waals surface area contributed by atoms with Gasteiger partial charge in [0, 0.05) is 25.2 Å². The van der Waals surface area contributed by atoms with Crippen LogP contribution in [0, 0.1) is 0 Å². The molecule has 1 aliphatic heterocycles. The van der Waals surface area contributed by atoms with E-state index in [0.717, 1.165) is 43.1 Å². The van der Waals surface area contributed by atoms with Crippen LogP contribution in [-0.2, 0) is 4.79 Å². The highest BCUT2D eigenvalue weighted by Gasteiger charge is 2.29. The van der Waals surface area contributed by atoms with Crippen molar-refractivity contribution in [2.24, 2.45) is 0 Å². The Bertz CT molecular complexity index is 473. The molecule has 1 amide bonds. The van der Waals surface area contributed by atoms with Crippen LogP contribution in [0.5, 0.6) is 5.75 Å². The number of thioether (sulfide) groups is 1. The molecule has 1 heterocycles. The van der Waals surface area contributed by atoms with Crippen LogP contribution in [0.25, 0.3) is 0 Å². The Morgan fingerprint density at radius 3 is 2.95 bits per heavy atom. The highest BCUT2D eigenvalue weighted by Crippen LogP contribution is 2.30. The molecule has 0 aliphatic carbocycles. The van der Waals surface area contributed by atoms with Crippen molar-refractivity contribution < 1.29 is 9.53 Å². The average molecular weight is 345 g/mol. The van der Waals surface area contributed by atoms with Gasteiger partial charge in [0.05, 0.1) is 18.9 Å². The Morgan fingerprint density at radius 2 is 2.23 bits per heavy atom. The molecule has 0 radical (unpaired) electrons. The molecule has 1 aromatic rings. The largest absolute Gasteiger partial charge is 0.496 e. The Hall–Kier alpha value is -0.910. The molecule has 0 aromatic heterocycles. The number of carbonyl (C=O) groups excluding carboxylic acids is 1. The van der Waals surface area contributed by atoms with E-state index in [0.29, 0.717) is 5.75 Å². The van der Waals surface area contributed by atoms with Crippen molar-refractivity contribution in [3.8, 4) is 5.75 Å². The summed E-state index contributed by atoms with van der Waals surface area (Å²) in [5.41, 5.74) is 1.08. The fraction of sp³-hybridized carbons (Fsp3) is 0.562. The van der Waals surface area contributed by atoms with Crippen LogP contribution in [0.2, 0.25) is 0 Å². The summed E-state index contributed by atoms with van der Waals surface area (Å²) in [5.74, 6) is 2.69. The lowest BCUT2D eigenvalue weighted by atomic mass is 10.0. The van der Waals surface area contributed by atoms with E-state index in [-0.39, 0.29) is 24.4 Å². The van der Waals surface area contributed by atoms with Gasteiger partial charge in [-0.05, 0) is 18.2 Å². The molecule has 4 nitrogen and oxygen atoms in total. The molecular weight excluding hydrogens is 320 g/mol. The number of para-hydroxylation sites is 1. The second-order valence-electron chi connectivity index (χ2n) is 5.10. The maximum atomic E-state index is 12.5. The van der Waals surface area contributed by atoms with E-state index in [4.69, 9.17) is 4.74 Å². The Labute approximate surface area is 143 Å². The predicted octanol–water partition coefficient (Wildman–Crippen LogP) is 2.73. The summed E-state index contributed by atoms with van der Waals surface area (Å²) in [6, 6.07) is 8.03. The van der Waals surface area contributed by atoms with E-state index in [1.165, 1.54) is 0 Å². The Balaban J connectivity index is 0.00000242. The van der Waals surface area contributed by atoms with Crippen molar-refractivity contribution in [2.75, 3.05) is 38.2 Å². The number of carbonyl (C=O) groups is 1. The smallest absolute Gasteiger partial charge is 0.233 e. The van der Waals surface area contributed by atoms with Gasteiger partial charge < -0.3 is 15.0 Å². The number of ether oxygens (including phenoxy) is 1. The van der Waals surface area contributed by atoms with Crippen LogP contribution in [0.1, 0.15) is 24.9 Å². The summed E-state index contributed by atoms with van der Waals surface area (Å²) in [7, 11) is 1.68. The third-order valence-corrected chi connectivity index (χ3v) is 4.78. The molecule has 0 spiro atoms. The first-order chi connectivity index (χ1) is 10.3. The van der Waals surface area contributed by atoms with Gasteiger partial charge in [0.1, 0.15) is 5.75 Å². The van der Waals surface area contributed by atoms with Gasteiger partial charge in [0.15, 0.2) is 0 Å². The topological polar surface area (TPSA) is 41.6 Å². The zero-order valence-electron chi connectivity index (χ0n) is 13.2. The fourth-order valence-electron chi connectivity index (χ4n) is 2.61. The lowest BCUT2D eigenvalue weighted by Crippen LogP contribution is -2.49. The number of nitrogens with zero attached hydrogens (tertiary/aromatic N) is 1. The van der Waals surface area contributed by atoms with Crippen LogP contribution in [0.15, 0.2) is 24.3 Å². The summed E-state index contributed by atoms with van der Waals surface area (Å²) in [4.78, 5) is 14.5. The molecule has 1 fully saturated rings. The molecule has 22 heavy (non-hydrogen) atoms. The standard InChI is InChI=1S/C16H24N2O2S.ClH/c1-3-10-21-12-16(19)18-9-8-17-11-14(18)13-6-4-5-7-15(13)20-2;/h4-7,14,17H,3,8-12H2,1-2H3;1H. The molecule has 1 atom stereocenters.